The summed E-state index contributed by atoms with van der Waals surface area (Å²) in [7, 11) is 0. The molecule has 0 bridgehead atoms. The second-order valence-corrected chi connectivity index (χ2v) is 5.06. The largest absolute Gasteiger partial charge is 0.354 e. The monoisotopic (exact) mass is 237 g/mol. The summed E-state index contributed by atoms with van der Waals surface area (Å²) in [6.45, 7) is 9.70. The number of likely N-dealkylation sites (tertiary alicyclic amines) is 1. The third-order valence-electron chi connectivity index (χ3n) is 3.82. The van der Waals surface area contributed by atoms with Crippen LogP contribution in [0, 0.1) is 22.7 Å². The lowest BCUT2D eigenvalue weighted by Gasteiger charge is -2.20. The molecule has 0 aliphatic carbocycles. The first-order chi connectivity index (χ1) is 8.05. The molecule has 1 aliphatic rings. The van der Waals surface area contributed by atoms with Crippen LogP contribution < -0.4 is 5.32 Å². The third kappa shape index (κ3) is 3.44. The standard InChI is InChI=1S/C13H23N3O/c1-4-13(3,10-14)12(17)15-8-11-6-7-16(5-2)9-11/h11H,4-9H2,1-3H3,(H,15,17). The molecule has 1 rings (SSSR count). The van der Waals surface area contributed by atoms with Crippen LogP contribution in [0.25, 0.3) is 0 Å². The van der Waals surface area contributed by atoms with Crippen LogP contribution >= 0.6 is 0 Å². The second kappa shape index (κ2) is 6.02. The second-order valence-electron chi connectivity index (χ2n) is 5.06. The molecule has 4 heteroatoms. The van der Waals surface area contributed by atoms with E-state index in [4.69, 9.17) is 5.26 Å². The van der Waals surface area contributed by atoms with Crippen molar-refractivity contribution in [2.75, 3.05) is 26.2 Å². The predicted molar refractivity (Wildman–Crippen MR) is 67.2 cm³/mol. The first-order valence-corrected chi connectivity index (χ1v) is 6.47. The van der Waals surface area contributed by atoms with E-state index < -0.39 is 5.41 Å². The average molecular weight is 237 g/mol. The molecular weight excluding hydrogens is 214 g/mol. The predicted octanol–water partition coefficient (Wildman–Crippen LogP) is 1.38. The lowest BCUT2D eigenvalue weighted by atomic mass is 9.88. The van der Waals surface area contributed by atoms with Gasteiger partial charge in [-0.3, -0.25) is 4.79 Å². The van der Waals surface area contributed by atoms with Gasteiger partial charge in [0.05, 0.1) is 6.07 Å². The molecule has 2 atom stereocenters. The lowest BCUT2D eigenvalue weighted by molar-refractivity contribution is -0.127. The summed E-state index contributed by atoms with van der Waals surface area (Å²) in [5, 5.41) is 11.9. The first-order valence-electron chi connectivity index (χ1n) is 6.47. The van der Waals surface area contributed by atoms with Crippen molar-refractivity contribution in [3.63, 3.8) is 0 Å². The summed E-state index contributed by atoms with van der Waals surface area (Å²) in [5.74, 6) is 0.413. The van der Waals surface area contributed by atoms with E-state index in [0.29, 0.717) is 18.9 Å². The molecule has 2 unspecified atom stereocenters. The van der Waals surface area contributed by atoms with E-state index in [2.05, 4.69) is 23.2 Å². The number of nitrogens with one attached hydrogen (secondary N) is 1. The van der Waals surface area contributed by atoms with Crippen molar-refractivity contribution in [2.45, 2.75) is 33.6 Å². The molecule has 1 heterocycles. The Kier molecular flexibility index (Phi) is 4.95. The highest BCUT2D eigenvalue weighted by Gasteiger charge is 2.32. The van der Waals surface area contributed by atoms with E-state index in [9.17, 15) is 4.79 Å². The zero-order chi connectivity index (χ0) is 12.9. The van der Waals surface area contributed by atoms with Crippen LogP contribution in [0.4, 0.5) is 0 Å². The Morgan fingerprint density at radius 3 is 2.76 bits per heavy atom. The molecular formula is C13H23N3O. The fraction of sp³-hybridized carbons (Fsp3) is 0.846. The normalized spacial score (nSPS) is 24.0. The van der Waals surface area contributed by atoms with Gasteiger partial charge in [0.2, 0.25) is 5.91 Å². The molecule has 0 aromatic heterocycles. The van der Waals surface area contributed by atoms with Crippen molar-refractivity contribution in [1.29, 1.82) is 5.26 Å². The number of hydrogen-bond acceptors (Lipinski definition) is 3. The van der Waals surface area contributed by atoms with Gasteiger partial charge in [-0.1, -0.05) is 13.8 Å². The molecule has 0 saturated carbocycles. The first kappa shape index (κ1) is 14.0. The molecule has 1 saturated heterocycles. The molecule has 4 nitrogen and oxygen atoms in total. The summed E-state index contributed by atoms with van der Waals surface area (Å²) in [4.78, 5) is 14.3. The summed E-state index contributed by atoms with van der Waals surface area (Å²) >= 11 is 0. The Labute approximate surface area is 104 Å². The van der Waals surface area contributed by atoms with E-state index in [-0.39, 0.29) is 5.91 Å². The summed E-state index contributed by atoms with van der Waals surface area (Å²) in [6, 6.07) is 2.10. The van der Waals surface area contributed by atoms with Gasteiger partial charge in [-0.2, -0.15) is 5.26 Å². The van der Waals surface area contributed by atoms with Gasteiger partial charge in [0.15, 0.2) is 0 Å². The number of amides is 1. The third-order valence-corrected chi connectivity index (χ3v) is 3.82. The van der Waals surface area contributed by atoms with Crippen molar-refractivity contribution < 1.29 is 4.79 Å². The minimum absolute atomic E-state index is 0.127. The van der Waals surface area contributed by atoms with Crippen molar-refractivity contribution in [3.05, 3.63) is 0 Å². The maximum Gasteiger partial charge on any atom is 0.240 e. The Balaban J connectivity index is 2.37. The highest BCUT2D eigenvalue weighted by Crippen LogP contribution is 2.20. The SMILES string of the molecule is CCN1CCC(CNC(=O)C(C)(C#N)CC)C1. The van der Waals surface area contributed by atoms with Gasteiger partial charge >= 0.3 is 0 Å². The maximum absolute atomic E-state index is 11.9. The van der Waals surface area contributed by atoms with Crippen LogP contribution in [-0.2, 0) is 4.79 Å². The van der Waals surface area contributed by atoms with Gasteiger partial charge in [-0.25, -0.2) is 0 Å². The number of nitrogens with zero attached hydrogens (tertiary/aromatic N) is 2. The Morgan fingerprint density at radius 1 is 1.59 bits per heavy atom. The minimum atomic E-state index is -0.872. The van der Waals surface area contributed by atoms with Crippen LogP contribution in [-0.4, -0.2) is 37.0 Å². The molecule has 0 aromatic carbocycles. The Morgan fingerprint density at radius 2 is 2.29 bits per heavy atom. The van der Waals surface area contributed by atoms with Crippen molar-refractivity contribution in [2.24, 2.45) is 11.3 Å². The number of nitriles is 1. The van der Waals surface area contributed by atoms with Crippen LogP contribution in [0.3, 0.4) is 0 Å². The lowest BCUT2D eigenvalue weighted by Crippen LogP contribution is -2.40. The summed E-state index contributed by atoms with van der Waals surface area (Å²) in [5.41, 5.74) is -0.872. The fourth-order valence-corrected chi connectivity index (χ4v) is 2.09. The zero-order valence-electron chi connectivity index (χ0n) is 11.1. The molecule has 1 aliphatic heterocycles. The van der Waals surface area contributed by atoms with Gasteiger partial charge in [-0.15, -0.1) is 0 Å². The molecule has 0 radical (unpaired) electrons. The van der Waals surface area contributed by atoms with Crippen molar-refractivity contribution in [1.82, 2.24) is 10.2 Å². The highest BCUT2D eigenvalue weighted by atomic mass is 16.2. The van der Waals surface area contributed by atoms with Gasteiger partial charge in [0.25, 0.3) is 0 Å². The number of hydrogen-bond donors (Lipinski definition) is 1. The summed E-state index contributed by atoms with van der Waals surface area (Å²) < 4.78 is 0. The molecule has 1 fully saturated rings. The van der Waals surface area contributed by atoms with E-state index in [1.165, 1.54) is 0 Å². The molecule has 1 amide bonds. The van der Waals surface area contributed by atoms with Gasteiger partial charge in [0.1, 0.15) is 5.41 Å². The number of carbonyl (C=O) groups excluding carboxylic acids is 1. The Bertz CT molecular complexity index is 310. The van der Waals surface area contributed by atoms with Crippen LogP contribution in [0.15, 0.2) is 0 Å². The topological polar surface area (TPSA) is 56.1 Å². The number of carbonyl (C=O) groups is 1. The molecule has 1 N–H and O–H groups in total. The minimum Gasteiger partial charge on any atom is -0.354 e. The molecule has 0 spiro atoms. The molecule has 17 heavy (non-hydrogen) atoms. The number of rotatable bonds is 5. The van der Waals surface area contributed by atoms with E-state index in [0.717, 1.165) is 26.1 Å². The van der Waals surface area contributed by atoms with E-state index in [1.807, 2.05) is 6.92 Å². The van der Waals surface area contributed by atoms with Gasteiger partial charge in [-0.05, 0) is 38.8 Å². The average Bonchev–Trinajstić information content (AvgIpc) is 2.82. The molecule has 0 aromatic rings. The van der Waals surface area contributed by atoms with Crippen molar-refractivity contribution >= 4 is 5.91 Å². The Hall–Kier alpha value is -1.08. The smallest absolute Gasteiger partial charge is 0.240 e. The summed E-state index contributed by atoms with van der Waals surface area (Å²) in [6.07, 6.45) is 1.70. The molecule has 96 valence electrons. The zero-order valence-corrected chi connectivity index (χ0v) is 11.1. The van der Waals surface area contributed by atoms with Crippen LogP contribution in [0.1, 0.15) is 33.6 Å². The highest BCUT2D eigenvalue weighted by molar-refractivity contribution is 5.84. The van der Waals surface area contributed by atoms with Crippen LogP contribution in [0.5, 0.6) is 0 Å². The van der Waals surface area contributed by atoms with Crippen LogP contribution in [0.2, 0.25) is 0 Å². The van der Waals surface area contributed by atoms with E-state index >= 15 is 0 Å². The van der Waals surface area contributed by atoms with Crippen molar-refractivity contribution in [3.8, 4) is 6.07 Å². The quantitative estimate of drug-likeness (QED) is 0.786. The van der Waals surface area contributed by atoms with Gasteiger partial charge in [0, 0.05) is 13.1 Å². The fourth-order valence-electron chi connectivity index (χ4n) is 2.09. The van der Waals surface area contributed by atoms with E-state index in [1.54, 1.807) is 6.92 Å². The van der Waals surface area contributed by atoms with Gasteiger partial charge < -0.3 is 10.2 Å². The maximum atomic E-state index is 11.9.